The molecule has 1 rings (SSSR count). The number of allylic oxidation sites excluding steroid dienone is 4. The minimum atomic E-state index is 1.04. The van der Waals surface area contributed by atoms with Crippen LogP contribution < -0.4 is 5.32 Å². The fraction of sp³-hybridized carbons (Fsp3) is 0.333. The van der Waals surface area contributed by atoms with Crippen LogP contribution in [-0.4, -0.2) is 0 Å². The fourth-order valence-corrected chi connectivity index (χ4v) is 1.39. The highest BCUT2D eigenvalue weighted by Crippen LogP contribution is 2.16. The molecule has 0 amide bonds. The number of nitrogens with one attached hydrogen (secondary N) is 1. The van der Waals surface area contributed by atoms with Crippen LogP contribution in [0.25, 0.3) is 0 Å². The molecule has 13 heavy (non-hydrogen) atoms. The Balaban J connectivity index is 2.74. The van der Waals surface area contributed by atoms with Crippen molar-refractivity contribution in [3.05, 3.63) is 48.4 Å². The van der Waals surface area contributed by atoms with Crippen LogP contribution in [0, 0.1) is 0 Å². The number of rotatable bonds is 4. The average molecular weight is 175 g/mol. The summed E-state index contributed by atoms with van der Waals surface area (Å²) in [7, 11) is 0. The third-order valence-corrected chi connectivity index (χ3v) is 1.97. The van der Waals surface area contributed by atoms with Gasteiger partial charge in [-0.05, 0) is 31.0 Å². The van der Waals surface area contributed by atoms with Crippen LogP contribution in [0.3, 0.4) is 0 Å². The number of hydrogen-bond acceptors (Lipinski definition) is 1. The van der Waals surface area contributed by atoms with E-state index in [9.17, 15) is 0 Å². The van der Waals surface area contributed by atoms with Crippen molar-refractivity contribution in [3.63, 3.8) is 0 Å². The molecule has 70 valence electrons. The molecular weight excluding hydrogens is 158 g/mol. The minimum Gasteiger partial charge on any atom is -0.362 e. The van der Waals surface area contributed by atoms with Gasteiger partial charge in [-0.2, -0.15) is 0 Å². The van der Waals surface area contributed by atoms with Gasteiger partial charge in [0.15, 0.2) is 0 Å². The van der Waals surface area contributed by atoms with Gasteiger partial charge in [-0.15, -0.1) is 0 Å². The molecule has 0 aromatic heterocycles. The second-order valence-corrected chi connectivity index (χ2v) is 3.01. The standard InChI is InChI=1S/C12H17N/c1-3-8-12(13-4-2)11-9-6-5-7-10-11/h4,6,8-10,13H,2-3,5,7H2,1H3/b12-8-. The van der Waals surface area contributed by atoms with E-state index in [1.54, 1.807) is 6.20 Å². The van der Waals surface area contributed by atoms with E-state index in [4.69, 9.17) is 0 Å². The molecule has 1 aliphatic rings. The lowest BCUT2D eigenvalue weighted by atomic mass is 10.0. The van der Waals surface area contributed by atoms with E-state index in [0.717, 1.165) is 19.3 Å². The molecule has 0 aromatic rings. The van der Waals surface area contributed by atoms with E-state index in [1.807, 2.05) is 0 Å². The summed E-state index contributed by atoms with van der Waals surface area (Å²) in [6.07, 6.45) is 13.9. The molecule has 0 heterocycles. The Morgan fingerprint density at radius 3 is 3.00 bits per heavy atom. The van der Waals surface area contributed by atoms with Crippen LogP contribution in [-0.2, 0) is 0 Å². The van der Waals surface area contributed by atoms with Gasteiger partial charge in [0.05, 0.1) is 0 Å². The molecule has 0 saturated heterocycles. The fourth-order valence-electron chi connectivity index (χ4n) is 1.39. The predicted molar refractivity (Wildman–Crippen MR) is 58.2 cm³/mol. The van der Waals surface area contributed by atoms with Crippen LogP contribution >= 0.6 is 0 Å². The molecule has 0 radical (unpaired) electrons. The van der Waals surface area contributed by atoms with Crippen molar-refractivity contribution in [2.24, 2.45) is 0 Å². The minimum absolute atomic E-state index is 1.04. The Morgan fingerprint density at radius 2 is 2.46 bits per heavy atom. The van der Waals surface area contributed by atoms with Crippen LogP contribution in [0.1, 0.15) is 26.2 Å². The monoisotopic (exact) mass is 175 g/mol. The van der Waals surface area contributed by atoms with Gasteiger partial charge in [-0.25, -0.2) is 0 Å². The smallest absolute Gasteiger partial charge is 0.0409 e. The Hall–Kier alpha value is -1.24. The van der Waals surface area contributed by atoms with E-state index >= 15 is 0 Å². The first-order valence-electron chi connectivity index (χ1n) is 4.83. The lowest BCUT2D eigenvalue weighted by Gasteiger charge is -2.11. The first-order chi connectivity index (χ1) is 6.38. The maximum absolute atomic E-state index is 3.67. The molecule has 0 fully saturated rings. The second kappa shape index (κ2) is 5.41. The summed E-state index contributed by atoms with van der Waals surface area (Å²) in [6.45, 7) is 5.81. The van der Waals surface area contributed by atoms with E-state index in [0.29, 0.717) is 0 Å². The summed E-state index contributed by atoms with van der Waals surface area (Å²) in [5.41, 5.74) is 2.46. The molecule has 1 nitrogen and oxygen atoms in total. The summed E-state index contributed by atoms with van der Waals surface area (Å²) in [5.74, 6) is 0. The SMILES string of the molecule is C=CN/C(=C\CC)C1=CCCC=C1. The van der Waals surface area contributed by atoms with E-state index < -0.39 is 0 Å². The molecule has 0 aromatic carbocycles. The molecule has 0 atom stereocenters. The van der Waals surface area contributed by atoms with Gasteiger partial charge in [-0.3, -0.25) is 0 Å². The highest BCUT2D eigenvalue weighted by molar-refractivity contribution is 5.40. The topological polar surface area (TPSA) is 12.0 Å². The summed E-state index contributed by atoms with van der Waals surface area (Å²) in [4.78, 5) is 0. The van der Waals surface area contributed by atoms with Crippen LogP contribution in [0.4, 0.5) is 0 Å². The zero-order valence-electron chi connectivity index (χ0n) is 8.22. The molecule has 0 bridgehead atoms. The van der Waals surface area contributed by atoms with Gasteiger partial charge in [0, 0.05) is 5.70 Å². The van der Waals surface area contributed by atoms with Gasteiger partial charge < -0.3 is 5.32 Å². The van der Waals surface area contributed by atoms with Crippen molar-refractivity contribution in [2.45, 2.75) is 26.2 Å². The summed E-state index contributed by atoms with van der Waals surface area (Å²) >= 11 is 0. The van der Waals surface area contributed by atoms with Crippen molar-refractivity contribution < 1.29 is 0 Å². The molecule has 0 spiro atoms. The van der Waals surface area contributed by atoms with Gasteiger partial charge in [0.2, 0.25) is 0 Å². The highest BCUT2D eigenvalue weighted by Gasteiger charge is 2.01. The largest absolute Gasteiger partial charge is 0.362 e. The number of hydrogen-bond donors (Lipinski definition) is 1. The van der Waals surface area contributed by atoms with Gasteiger partial charge in [0.1, 0.15) is 0 Å². The third-order valence-electron chi connectivity index (χ3n) is 1.97. The lowest BCUT2D eigenvalue weighted by molar-refractivity contribution is 0.983. The van der Waals surface area contributed by atoms with Crippen molar-refractivity contribution in [3.8, 4) is 0 Å². The van der Waals surface area contributed by atoms with Gasteiger partial charge in [-0.1, -0.05) is 37.8 Å². The molecule has 0 saturated carbocycles. The summed E-state index contributed by atoms with van der Waals surface area (Å²) < 4.78 is 0. The van der Waals surface area contributed by atoms with E-state index in [1.165, 1.54) is 11.3 Å². The van der Waals surface area contributed by atoms with Crippen molar-refractivity contribution in [2.75, 3.05) is 0 Å². The quantitative estimate of drug-likeness (QED) is 0.691. The van der Waals surface area contributed by atoms with E-state index in [-0.39, 0.29) is 0 Å². The Kier molecular flexibility index (Phi) is 4.10. The molecule has 0 unspecified atom stereocenters. The first kappa shape index (κ1) is 9.85. The Labute approximate surface area is 80.5 Å². The van der Waals surface area contributed by atoms with E-state index in [2.05, 4.69) is 43.1 Å². The van der Waals surface area contributed by atoms with Crippen molar-refractivity contribution in [1.29, 1.82) is 0 Å². The maximum Gasteiger partial charge on any atom is 0.0409 e. The normalized spacial score (nSPS) is 16.7. The first-order valence-corrected chi connectivity index (χ1v) is 4.83. The van der Waals surface area contributed by atoms with Crippen molar-refractivity contribution in [1.82, 2.24) is 5.32 Å². The Morgan fingerprint density at radius 1 is 1.62 bits per heavy atom. The summed E-state index contributed by atoms with van der Waals surface area (Å²) in [5, 5.41) is 3.16. The average Bonchev–Trinajstić information content (AvgIpc) is 2.19. The summed E-state index contributed by atoms with van der Waals surface area (Å²) in [6, 6.07) is 0. The zero-order valence-corrected chi connectivity index (χ0v) is 8.22. The molecule has 1 aliphatic carbocycles. The van der Waals surface area contributed by atoms with Crippen LogP contribution in [0.15, 0.2) is 48.4 Å². The van der Waals surface area contributed by atoms with Gasteiger partial charge in [0.25, 0.3) is 0 Å². The van der Waals surface area contributed by atoms with Crippen LogP contribution in [0.5, 0.6) is 0 Å². The third kappa shape index (κ3) is 2.94. The Bertz CT molecular complexity index is 256. The zero-order chi connectivity index (χ0) is 9.52. The second-order valence-electron chi connectivity index (χ2n) is 3.01. The predicted octanol–water partition coefficient (Wildman–Crippen LogP) is 3.29. The molecule has 1 N–H and O–H groups in total. The molecular formula is C12H17N. The van der Waals surface area contributed by atoms with Crippen LogP contribution in [0.2, 0.25) is 0 Å². The van der Waals surface area contributed by atoms with Gasteiger partial charge >= 0.3 is 0 Å². The van der Waals surface area contributed by atoms with Crippen molar-refractivity contribution >= 4 is 0 Å². The molecule has 0 aliphatic heterocycles. The molecule has 1 heteroatoms. The lowest BCUT2D eigenvalue weighted by Crippen LogP contribution is -2.06. The maximum atomic E-state index is 3.67. The highest BCUT2D eigenvalue weighted by atomic mass is 14.8.